The first-order valence-electron chi connectivity index (χ1n) is 6.11. The Morgan fingerprint density at radius 3 is 3.00 bits per heavy atom. The summed E-state index contributed by atoms with van der Waals surface area (Å²) >= 11 is 3.39. The second-order valence-corrected chi connectivity index (χ2v) is 6.17. The van der Waals surface area contributed by atoms with Gasteiger partial charge < -0.3 is 10.4 Å². The van der Waals surface area contributed by atoms with Crippen molar-refractivity contribution in [3.63, 3.8) is 0 Å². The number of hydrogen-bond donors (Lipinski definition) is 2. The molecule has 19 heavy (non-hydrogen) atoms. The number of nitrogens with zero attached hydrogens (tertiary/aromatic N) is 2. The number of nitrogens with one attached hydrogen (secondary N) is 1. The van der Waals surface area contributed by atoms with Crippen molar-refractivity contribution < 1.29 is 9.90 Å². The SMILES string of the molecule is CC1(O)CC(NC(=O)c2ccc3c(Br)cnn3c2)C1. The highest BCUT2D eigenvalue weighted by atomic mass is 79.9. The van der Waals surface area contributed by atoms with Gasteiger partial charge in [0.1, 0.15) is 0 Å². The van der Waals surface area contributed by atoms with Crippen LogP contribution in [0.3, 0.4) is 0 Å². The van der Waals surface area contributed by atoms with Gasteiger partial charge in [-0.15, -0.1) is 0 Å². The molecule has 6 heteroatoms. The zero-order chi connectivity index (χ0) is 13.6. The molecule has 2 heterocycles. The monoisotopic (exact) mass is 323 g/mol. The van der Waals surface area contributed by atoms with Crippen LogP contribution in [-0.4, -0.2) is 32.3 Å². The fourth-order valence-electron chi connectivity index (χ4n) is 2.46. The summed E-state index contributed by atoms with van der Waals surface area (Å²) in [5.74, 6) is -0.131. The molecule has 0 aromatic carbocycles. The fraction of sp³-hybridized carbons (Fsp3) is 0.385. The first-order valence-corrected chi connectivity index (χ1v) is 6.90. The molecule has 0 bridgehead atoms. The average molecular weight is 324 g/mol. The van der Waals surface area contributed by atoms with E-state index in [1.165, 1.54) is 0 Å². The number of carbonyl (C=O) groups excluding carboxylic acids is 1. The van der Waals surface area contributed by atoms with E-state index in [0.29, 0.717) is 18.4 Å². The summed E-state index contributed by atoms with van der Waals surface area (Å²) < 4.78 is 2.56. The van der Waals surface area contributed by atoms with Gasteiger partial charge in [0.2, 0.25) is 0 Å². The van der Waals surface area contributed by atoms with Crippen LogP contribution >= 0.6 is 15.9 Å². The Labute approximate surface area is 118 Å². The van der Waals surface area contributed by atoms with Crippen LogP contribution in [0.15, 0.2) is 29.0 Å². The van der Waals surface area contributed by atoms with Crippen molar-refractivity contribution in [1.29, 1.82) is 0 Å². The van der Waals surface area contributed by atoms with Gasteiger partial charge in [-0.05, 0) is 47.8 Å². The van der Waals surface area contributed by atoms with Crippen LogP contribution in [0, 0.1) is 0 Å². The van der Waals surface area contributed by atoms with Crippen molar-refractivity contribution >= 4 is 27.4 Å². The minimum atomic E-state index is -0.630. The van der Waals surface area contributed by atoms with Gasteiger partial charge in [0.05, 0.1) is 27.4 Å². The van der Waals surface area contributed by atoms with Gasteiger partial charge in [0.25, 0.3) is 5.91 Å². The van der Waals surface area contributed by atoms with Gasteiger partial charge >= 0.3 is 0 Å². The summed E-state index contributed by atoms with van der Waals surface area (Å²) in [6.07, 6.45) is 4.61. The molecule has 2 aromatic heterocycles. The van der Waals surface area contributed by atoms with Crippen molar-refractivity contribution in [2.75, 3.05) is 0 Å². The zero-order valence-corrected chi connectivity index (χ0v) is 12.0. The van der Waals surface area contributed by atoms with E-state index >= 15 is 0 Å². The molecule has 1 fully saturated rings. The normalized spacial score (nSPS) is 26.2. The van der Waals surface area contributed by atoms with Gasteiger partial charge in [0, 0.05) is 12.2 Å². The summed E-state index contributed by atoms with van der Waals surface area (Å²) in [6, 6.07) is 3.68. The number of hydrogen-bond acceptors (Lipinski definition) is 3. The molecule has 1 aliphatic rings. The first kappa shape index (κ1) is 12.6. The van der Waals surface area contributed by atoms with E-state index in [9.17, 15) is 9.90 Å². The number of aliphatic hydroxyl groups is 1. The molecular formula is C13H14BrN3O2. The number of fused-ring (bicyclic) bond motifs is 1. The van der Waals surface area contributed by atoms with E-state index < -0.39 is 5.60 Å². The molecule has 0 aliphatic heterocycles. The summed E-state index contributed by atoms with van der Waals surface area (Å²) in [7, 11) is 0. The number of aromatic nitrogens is 2. The molecule has 0 radical (unpaired) electrons. The quantitative estimate of drug-likeness (QED) is 0.884. The van der Waals surface area contributed by atoms with Crippen LogP contribution in [0.4, 0.5) is 0 Å². The molecule has 0 unspecified atom stereocenters. The third-order valence-electron chi connectivity index (χ3n) is 3.44. The van der Waals surface area contributed by atoms with Crippen LogP contribution in [0.5, 0.6) is 0 Å². The van der Waals surface area contributed by atoms with Crippen molar-refractivity contribution in [2.24, 2.45) is 0 Å². The van der Waals surface area contributed by atoms with Crippen molar-refractivity contribution in [1.82, 2.24) is 14.9 Å². The maximum absolute atomic E-state index is 12.1. The second kappa shape index (κ2) is 4.31. The zero-order valence-electron chi connectivity index (χ0n) is 10.4. The lowest BCUT2D eigenvalue weighted by Crippen LogP contribution is -2.53. The number of halogens is 1. The van der Waals surface area contributed by atoms with Crippen molar-refractivity contribution in [2.45, 2.75) is 31.4 Å². The predicted molar refractivity (Wildman–Crippen MR) is 74.0 cm³/mol. The van der Waals surface area contributed by atoms with Crippen molar-refractivity contribution in [3.8, 4) is 0 Å². The molecule has 3 rings (SSSR count). The molecule has 2 aromatic rings. The maximum atomic E-state index is 12.1. The molecule has 1 aliphatic carbocycles. The van der Waals surface area contributed by atoms with E-state index in [1.807, 2.05) is 6.07 Å². The molecule has 1 amide bonds. The van der Waals surface area contributed by atoms with Crippen LogP contribution in [-0.2, 0) is 0 Å². The number of rotatable bonds is 2. The Balaban J connectivity index is 1.75. The highest BCUT2D eigenvalue weighted by Gasteiger charge is 2.39. The van der Waals surface area contributed by atoms with Crippen LogP contribution in [0.25, 0.3) is 5.52 Å². The van der Waals surface area contributed by atoms with Gasteiger partial charge in [-0.2, -0.15) is 5.10 Å². The third kappa shape index (κ3) is 2.37. The highest BCUT2D eigenvalue weighted by Crippen LogP contribution is 2.31. The maximum Gasteiger partial charge on any atom is 0.253 e. The Hall–Kier alpha value is -1.40. The van der Waals surface area contributed by atoms with E-state index in [-0.39, 0.29) is 11.9 Å². The molecule has 5 nitrogen and oxygen atoms in total. The number of carbonyl (C=O) groups is 1. The lowest BCUT2D eigenvalue weighted by Gasteiger charge is -2.41. The van der Waals surface area contributed by atoms with Gasteiger partial charge in [0.15, 0.2) is 0 Å². The van der Waals surface area contributed by atoms with Crippen molar-refractivity contribution in [3.05, 3.63) is 34.6 Å². The largest absolute Gasteiger partial charge is 0.390 e. The van der Waals surface area contributed by atoms with E-state index in [2.05, 4.69) is 26.3 Å². The summed E-state index contributed by atoms with van der Waals surface area (Å²) in [5, 5.41) is 16.7. The van der Waals surface area contributed by atoms with Crippen LogP contribution in [0.2, 0.25) is 0 Å². The Bertz CT molecular complexity index is 642. The van der Waals surface area contributed by atoms with E-state index in [4.69, 9.17) is 0 Å². The third-order valence-corrected chi connectivity index (χ3v) is 4.05. The predicted octanol–water partition coefficient (Wildman–Crippen LogP) is 1.74. The van der Waals surface area contributed by atoms with Crippen LogP contribution < -0.4 is 5.32 Å². The minimum absolute atomic E-state index is 0.0579. The lowest BCUT2D eigenvalue weighted by molar-refractivity contribution is -0.0366. The molecule has 0 atom stereocenters. The second-order valence-electron chi connectivity index (χ2n) is 5.32. The molecule has 2 N–H and O–H groups in total. The van der Waals surface area contributed by atoms with Gasteiger partial charge in [-0.1, -0.05) is 0 Å². The number of amides is 1. The van der Waals surface area contributed by atoms with Gasteiger partial charge in [-0.25, -0.2) is 4.52 Å². The first-order chi connectivity index (χ1) is 8.94. The van der Waals surface area contributed by atoms with Gasteiger partial charge in [-0.3, -0.25) is 4.79 Å². The Morgan fingerprint density at radius 2 is 2.32 bits per heavy atom. The minimum Gasteiger partial charge on any atom is -0.390 e. The van der Waals surface area contributed by atoms with E-state index in [1.54, 1.807) is 29.9 Å². The summed E-state index contributed by atoms with van der Waals surface area (Å²) in [5.41, 5.74) is 0.854. The standard InChI is InChI=1S/C13H14BrN3O2/c1-13(19)4-9(5-13)16-12(18)8-2-3-11-10(14)6-15-17(11)7-8/h2-3,6-7,9,19H,4-5H2,1H3,(H,16,18). The molecular weight excluding hydrogens is 310 g/mol. The molecule has 100 valence electrons. The molecule has 1 saturated carbocycles. The Morgan fingerprint density at radius 1 is 1.58 bits per heavy atom. The molecule has 0 saturated heterocycles. The molecule has 0 spiro atoms. The summed E-state index contributed by atoms with van der Waals surface area (Å²) in [6.45, 7) is 1.78. The Kier molecular flexibility index (Phi) is 2.87. The lowest BCUT2D eigenvalue weighted by atomic mass is 9.77. The highest BCUT2D eigenvalue weighted by molar-refractivity contribution is 9.10. The smallest absolute Gasteiger partial charge is 0.253 e. The fourth-order valence-corrected chi connectivity index (χ4v) is 2.87. The summed E-state index contributed by atoms with van der Waals surface area (Å²) in [4.78, 5) is 12.1. The van der Waals surface area contributed by atoms with E-state index in [0.717, 1.165) is 9.99 Å². The van der Waals surface area contributed by atoms with Crippen LogP contribution in [0.1, 0.15) is 30.1 Å². The number of pyridine rings is 1. The average Bonchev–Trinajstić information content (AvgIpc) is 2.68. The topological polar surface area (TPSA) is 66.6 Å².